The van der Waals surface area contributed by atoms with Crippen molar-refractivity contribution in [1.29, 1.82) is 0 Å². The van der Waals surface area contributed by atoms with E-state index in [-0.39, 0.29) is 5.78 Å². The number of nitrogens with two attached hydrogens (primary N) is 1. The highest BCUT2D eigenvalue weighted by Crippen LogP contribution is 2.28. The molecule has 0 amide bonds. The molecule has 2 aromatic carbocycles. The van der Waals surface area contributed by atoms with Gasteiger partial charge in [-0.1, -0.05) is 0 Å². The van der Waals surface area contributed by atoms with E-state index in [9.17, 15) is 4.79 Å². The summed E-state index contributed by atoms with van der Waals surface area (Å²) in [5, 5.41) is 0. The first-order chi connectivity index (χ1) is 11.5. The van der Waals surface area contributed by atoms with Gasteiger partial charge in [0.1, 0.15) is 17.2 Å². The third-order valence-electron chi connectivity index (χ3n) is 3.66. The van der Waals surface area contributed by atoms with Crippen LogP contribution < -0.4 is 19.9 Å². The number of ketones is 1. The van der Waals surface area contributed by atoms with Crippen LogP contribution in [0.2, 0.25) is 0 Å². The van der Waals surface area contributed by atoms with Crippen LogP contribution in [0.3, 0.4) is 0 Å². The van der Waals surface area contributed by atoms with Crippen molar-refractivity contribution in [1.82, 2.24) is 0 Å². The Morgan fingerprint density at radius 3 is 2.21 bits per heavy atom. The van der Waals surface area contributed by atoms with Crippen LogP contribution in [0.1, 0.15) is 22.8 Å². The number of carbonyl (C=O) groups is 1. The summed E-state index contributed by atoms with van der Waals surface area (Å²) in [7, 11) is 4.71. The van der Waals surface area contributed by atoms with Gasteiger partial charge in [0.05, 0.1) is 27.0 Å². The fourth-order valence-electron chi connectivity index (χ4n) is 2.35. The molecule has 2 rings (SSSR count). The Hall–Kier alpha value is -2.95. The van der Waals surface area contributed by atoms with Crippen molar-refractivity contribution in [2.24, 2.45) is 0 Å². The molecule has 5 heteroatoms. The van der Waals surface area contributed by atoms with Gasteiger partial charge >= 0.3 is 0 Å². The maximum Gasteiger partial charge on any atom is 0.188 e. The Bertz CT molecular complexity index is 781. The number of Topliss-reactive ketones (excluding diaryl/α,β-unsaturated/α-hetero) is 1. The van der Waals surface area contributed by atoms with Gasteiger partial charge in [-0.3, -0.25) is 4.79 Å². The molecule has 0 aromatic heterocycles. The lowest BCUT2D eigenvalue weighted by Crippen LogP contribution is -2.03. The van der Waals surface area contributed by atoms with Crippen LogP contribution in [0.15, 0.2) is 42.0 Å². The van der Waals surface area contributed by atoms with Crippen LogP contribution >= 0.6 is 0 Å². The fraction of sp³-hybridized carbons (Fsp3) is 0.211. The lowest BCUT2D eigenvalue weighted by atomic mass is 10.0. The van der Waals surface area contributed by atoms with E-state index in [1.165, 1.54) is 7.11 Å². The molecule has 0 spiro atoms. The highest BCUT2D eigenvalue weighted by molar-refractivity contribution is 6.11. The minimum absolute atomic E-state index is 0.116. The third kappa shape index (κ3) is 3.68. The molecule has 24 heavy (non-hydrogen) atoms. The number of nitrogen functional groups attached to an aromatic ring is 1. The average Bonchev–Trinajstić information content (AvgIpc) is 2.60. The second-order valence-electron chi connectivity index (χ2n) is 5.22. The summed E-state index contributed by atoms with van der Waals surface area (Å²) < 4.78 is 15.7. The molecular formula is C19H21NO4. The molecule has 0 saturated carbocycles. The Balaban J connectivity index is 2.36. The zero-order chi connectivity index (χ0) is 17.7. The molecule has 0 bridgehead atoms. The Kier molecular flexibility index (Phi) is 5.47. The number of hydrogen-bond acceptors (Lipinski definition) is 5. The molecule has 126 valence electrons. The van der Waals surface area contributed by atoms with Gasteiger partial charge in [-0.05, 0) is 55.0 Å². The topological polar surface area (TPSA) is 70.8 Å². The van der Waals surface area contributed by atoms with Gasteiger partial charge < -0.3 is 19.9 Å². The second-order valence-corrected chi connectivity index (χ2v) is 5.22. The average molecular weight is 327 g/mol. The van der Waals surface area contributed by atoms with E-state index in [0.29, 0.717) is 34.1 Å². The predicted octanol–water partition coefficient (Wildman–Crippen LogP) is 3.58. The zero-order valence-electron chi connectivity index (χ0n) is 14.3. The summed E-state index contributed by atoms with van der Waals surface area (Å²) in [6.07, 6.45) is 1.77. The van der Waals surface area contributed by atoms with E-state index in [2.05, 4.69) is 0 Å². The summed E-state index contributed by atoms with van der Waals surface area (Å²) in [6, 6.07) is 10.4. The molecule has 0 heterocycles. The van der Waals surface area contributed by atoms with Crippen LogP contribution in [-0.4, -0.2) is 27.1 Å². The maximum atomic E-state index is 12.6. The monoisotopic (exact) mass is 327 g/mol. The van der Waals surface area contributed by atoms with Gasteiger partial charge in [0.25, 0.3) is 0 Å². The number of hydrogen-bond donors (Lipinski definition) is 1. The van der Waals surface area contributed by atoms with Crippen LogP contribution in [0.5, 0.6) is 17.2 Å². The number of methoxy groups -OCH3 is 3. The SMILES string of the molecule is COc1ccc(OC)c(C=C(C)C(=O)c2ccc(OC)c(N)c2)c1. The standard InChI is InChI=1S/C19H21NO4/c1-12(9-14-10-15(22-2)6-8-17(14)23-3)19(21)13-5-7-18(24-4)16(20)11-13/h5-11H,20H2,1-4H3. The smallest absolute Gasteiger partial charge is 0.188 e. The number of anilines is 1. The van der Waals surface area contributed by atoms with Gasteiger partial charge in [-0.2, -0.15) is 0 Å². The quantitative estimate of drug-likeness (QED) is 0.499. The lowest BCUT2D eigenvalue weighted by Gasteiger charge is -2.09. The normalized spacial score (nSPS) is 11.1. The van der Waals surface area contributed by atoms with E-state index in [0.717, 1.165) is 5.56 Å². The largest absolute Gasteiger partial charge is 0.497 e. The van der Waals surface area contributed by atoms with Gasteiger partial charge in [-0.15, -0.1) is 0 Å². The Morgan fingerprint density at radius 1 is 0.958 bits per heavy atom. The number of rotatable bonds is 6. The first-order valence-electron chi connectivity index (χ1n) is 7.38. The summed E-state index contributed by atoms with van der Waals surface area (Å²) in [6.45, 7) is 1.75. The van der Waals surface area contributed by atoms with Crippen molar-refractivity contribution in [2.45, 2.75) is 6.92 Å². The molecule has 0 aliphatic carbocycles. The van der Waals surface area contributed by atoms with E-state index < -0.39 is 0 Å². The minimum atomic E-state index is -0.116. The molecule has 0 fully saturated rings. The summed E-state index contributed by atoms with van der Waals surface area (Å²) in [5.74, 6) is 1.78. The van der Waals surface area contributed by atoms with Crippen molar-refractivity contribution in [3.05, 3.63) is 53.1 Å². The molecule has 0 aliphatic heterocycles. The Labute approximate surface area is 141 Å². The summed E-state index contributed by atoms with van der Waals surface area (Å²) >= 11 is 0. The third-order valence-corrected chi connectivity index (χ3v) is 3.66. The van der Waals surface area contributed by atoms with Crippen LogP contribution in [0.4, 0.5) is 5.69 Å². The lowest BCUT2D eigenvalue weighted by molar-refractivity contribution is 0.103. The molecule has 0 saturated heterocycles. The van der Waals surface area contributed by atoms with Crippen molar-refractivity contribution in [3.8, 4) is 17.2 Å². The van der Waals surface area contributed by atoms with E-state index in [1.54, 1.807) is 57.6 Å². The molecular weight excluding hydrogens is 306 g/mol. The fourth-order valence-corrected chi connectivity index (χ4v) is 2.35. The molecule has 2 N–H and O–H groups in total. The van der Waals surface area contributed by atoms with Crippen LogP contribution in [0, 0.1) is 0 Å². The van der Waals surface area contributed by atoms with E-state index in [1.807, 2.05) is 6.07 Å². The first-order valence-corrected chi connectivity index (χ1v) is 7.38. The van der Waals surface area contributed by atoms with Crippen LogP contribution in [-0.2, 0) is 0 Å². The molecule has 2 aromatic rings. The van der Waals surface area contributed by atoms with Crippen molar-refractivity contribution >= 4 is 17.5 Å². The predicted molar refractivity (Wildman–Crippen MR) is 94.9 cm³/mol. The van der Waals surface area contributed by atoms with Gasteiger partial charge in [0, 0.05) is 11.1 Å². The number of carbonyl (C=O) groups excluding carboxylic acids is 1. The second kappa shape index (κ2) is 7.55. The number of benzene rings is 2. The molecule has 0 radical (unpaired) electrons. The summed E-state index contributed by atoms with van der Waals surface area (Å²) in [5.41, 5.74) is 8.13. The summed E-state index contributed by atoms with van der Waals surface area (Å²) in [4.78, 5) is 12.6. The Morgan fingerprint density at radius 2 is 1.62 bits per heavy atom. The number of ether oxygens (including phenoxy) is 3. The van der Waals surface area contributed by atoms with Gasteiger partial charge in [0.2, 0.25) is 0 Å². The van der Waals surface area contributed by atoms with Crippen LogP contribution in [0.25, 0.3) is 6.08 Å². The molecule has 0 aliphatic rings. The van der Waals surface area contributed by atoms with Gasteiger partial charge in [-0.25, -0.2) is 0 Å². The number of allylic oxidation sites excluding steroid dienone is 1. The maximum absolute atomic E-state index is 12.6. The zero-order valence-corrected chi connectivity index (χ0v) is 14.3. The minimum Gasteiger partial charge on any atom is -0.497 e. The van der Waals surface area contributed by atoms with E-state index >= 15 is 0 Å². The highest BCUT2D eigenvalue weighted by atomic mass is 16.5. The van der Waals surface area contributed by atoms with E-state index in [4.69, 9.17) is 19.9 Å². The molecule has 0 unspecified atom stereocenters. The molecule has 5 nitrogen and oxygen atoms in total. The molecule has 0 atom stereocenters. The van der Waals surface area contributed by atoms with Crippen molar-refractivity contribution in [2.75, 3.05) is 27.1 Å². The van der Waals surface area contributed by atoms with Crippen molar-refractivity contribution < 1.29 is 19.0 Å². The first kappa shape index (κ1) is 17.4. The highest BCUT2D eigenvalue weighted by Gasteiger charge is 2.12. The van der Waals surface area contributed by atoms with Crippen molar-refractivity contribution in [3.63, 3.8) is 0 Å². The van der Waals surface area contributed by atoms with Gasteiger partial charge in [0.15, 0.2) is 5.78 Å².